The number of nitrogens with one attached hydrogen (secondary N) is 4. The lowest BCUT2D eigenvalue weighted by Crippen LogP contribution is -2.47. The van der Waals surface area contributed by atoms with E-state index in [4.69, 9.17) is 32.7 Å². The van der Waals surface area contributed by atoms with E-state index in [1.54, 1.807) is 58.4 Å². The maximum Gasteiger partial charge on any atom is 0.312 e. The lowest BCUT2D eigenvalue weighted by Gasteiger charge is -2.39. The van der Waals surface area contributed by atoms with Crippen LogP contribution in [0.2, 0.25) is 10.0 Å². The number of hydrogen-bond acceptors (Lipinski definition) is 20. The molecule has 0 unspecified atom stereocenters. The van der Waals surface area contributed by atoms with Gasteiger partial charge in [-0.25, -0.2) is 68.2 Å². The maximum absolute atomic E-state index is 15.3. The van der Waals surface area contributed by atoms with Gasteiger partial charge in [0.1, 0.15) is 23.3 Å². The van der Waals surface area contributed by atoms with E-state index in [-0.39, 0.29) is 65.9 Å². The molecule has 6 aromatic carbocycles. The first kappa shape index (κ1) is 91.0. The van der Waals surface area contributed by atoms with Crippen molar-refractivity contribution >= 4 is 133 Å². The molecular weight excluding hydrogens is 1780 g/mol. The van der Waals surface area contributed by atoms with Crippen LogP contribution in [0.1, 0.15) is 149 Å². The Morgan fingerprint density at radius 1 is 0.511 bits per heavy atom. The summed E-state index contributed by atoms with van der Waals surface area (Å²) in [5.41, 5.74) is 10.6. The van der Waals surface area contributed by atoms with Crippen LogP contribution in [0.15, 0.2) is 191 Å². The summed E-state index contributed by atoms with van der Waals surface area (Å²) >= 11 is 12.5. The van der Waals surface area contributed by atoms with Crippen molar-refractivity contribution in [3.8, 4) is 22.9 Å². The largest absolute Gasteiger partial charge is 0.487 e. The van der Waals surface area contributed by atoms with Gasteiger partial charge in [0.2, 0.25) is 11.8 Å². The third kappa shape index (κ3) is 20.4. The summed E-state index contributed by atoms with van der Waals surface area (Å²) in [7, 11) is -9.42. The van der Waals surface area contributed by atoms with E-state index in [0.29, 0.717) is 87.0 Å². The number of aromatic amines is 2. The fourth-order valence-corrected chi connectivity index (χ4v) is 20.7. The normalized spacial score (nSPS) is 18.5. The van der Waals surface area contributed by atoms with Crippen molar-refractivity contribution < 1.29 is 67.7 Å². The molecule has 12 aromatic rings. The number of carbonyl (C=O) groups is 2. The van der Waals surface area contributed by atoms with Crippen LogP contribution in [0.5, 0.6) is 11.5 Å². The van der Waals surface area contributed by atoms with Gasteiger partial charge in [0, 0.05) is 160 Å². The van der Waals surface area contributed by atoms with Crippen molar-refractivity contribution in [1.29, 1.82) is 0 Å². The molecule has 2 saturated carbocycles. The van der Waals surface area contributed by atoms with Crippen LogP contribution in [0, 0.1) is 37.0 Å². The van der Waals surface area contributed by atoms with Gasteiger partial charge < -0.3 is 19.3 Å². The van der Waals surface area contributed by atoms with Crippen LogP contribution in [0.25, 0.3) is 66.7 Å². The molecule has 37 heteroatoms. The first-order chi connectivity index (χ1) is 62.3. The SMILES string of the molecule is CC1(C)CCC(CN2CCN(c3ccc(C(=O)NS(=O)(=O)c4ccc(OCC5(F)CCC(F)(F)CC5)c([N+](=O)[O-])c4)c(-n4[nH]cc5nc6nccc6cc54)c3)CC2)=C(c2ccc(Cl)cc2)C1.CC1(C)CCC(CN2CCN(c3ccc(C(=O)NS(=O)(=O)c4ccc(OCC5CCC(F)(F)CC5)c([N+](=O)[O-])c4)c(-n4[nH]cc5nc6nccc6cc54)c3)CC2)=C(c2ccc(Cl)cc2)C1. The molecule has 2 saturated heterocycles. The summed E-state index contributed by atoms with van der Waals surface area (Å²) in [6.07, 6.45) is 10.3. The van der Waals surface area contributed by atoms with Crippen molar-refractivity contribution in [1.82, 2.24) is 58.7 Å². The number of hydrogen-bond donors (Lipinski definition) is 4. The molecule has 6 aromatic heterocycles. The number of benzene rings is 6. The second kappa shape index (κ2) is 36.3. The van der Waals surface area contributed by atoms with Crippen LogP contribution >= 0.6 is 23.2 Å². The second-order valence-corrected chi connectivity index (χ2v) is 40.8. The average Bonchev–Trinajstić information content (AvgIpc) is 1.64. The zero-order valence-corrected chi connectivity index (χ0v) is 75.5. The van der Waals surface area contributed by atoms with E-state index < -0.39 is 118 Å². The number of carbonyl (C=O) groups excluding carboxylic acids is 2. The van der Waals surface area contributed by atoms with Gasteiger partial charge in [-0.2, -0.15) is 0 Å². The highest BCUT2D eigenvalue weighted by atomic mass is 35.5. The fourth-order valence-electron chi connectivity index (χ4n) is 18.4. The molecule has 8 heterocycles. The van der Waals surface area contributed by atoms with Gasteiger partial charge >= 0.3 is 11.4 Å². The molecule has 0 atom stereocenters. The summed E-state index contributed by atoms with van der Waals surface area (Å²) in [6, 6.07) is 39.7. The number of amides is 2. The van der Waals surface area contributed by atoms with E-state index in [1.165, 1.54) is 39.5 Å². The first-order valence-electron chi connectivity index (χ1n) is 43.6. The predicted molar refractivity (Wildman–Crippen MR) is 491 cm³/mol. The Labute approximate surface area is 761 Å². The lowest BCUT2D eigenvalue weighted by molar-refractivity contribution is -0.386. The number of nitrogens with zero attached hydrogens (tertiary/aromatic N) is 12. The molecule has 0 spiro atoms. The molecule has 4 aliphatic carbocycles. The smallest absolute Gasteiger partial charge is 0.312 e. The van der Waals surface area contributed by atoms with Crippen LogP contribution in [-0.4, -0.2) is 184 Å². The number of pyridine rings is 2. The van der Waals surface area contributed by atoms with E-state index in [9.17, 15) is 64.2 Å². The molecule has 6 aliphatic rings. The van der Waals surface area contributed by atoms with Gasteiger partial charge in [0.05, 0.1) is 59.8 Å². The minimum absolute atomic E-state index is 0.0137. The predicted octanol–water partition coefficient (Wildman–Crippen LogP) is 19.2. The Hall–Kier alpha value is -11.9. The fraction of sp³-hybridized carbons (Fsp3) is 0.383. The summed E-state index contributed by atoms with van der Waals surface area (Å²) < 4.78 is 144. The molecule has 0 bridgehead atoms. The maximum atomic E-state index is 15.3. The molecule has 2 amide bonds. The van der Waals surface area contributed by atoms with Gasteiger partial charge in [-0.15, -0.1) is 0 Å². The second-order valence-electron chi connectivity index (χ2n) is 36.6. The van der Waals surface area contributed by atoms with Crippen LogP contribution in [0.4, 0.5) is 44.7 Å². The Balaban J connectivity index is 0.000000183. The van der Waals surface area contributed by atoms with Gasteiger partial charge in [0.25, 0.3) is 31.9 Å². The van der Waals surface area contributed by atoms with E-state index in [0.717, 1.165) is 130 Å². The summed E-state index contributed by atoms with van der Waals surface area (Å²) in [4.78, 5) is 77.1. The van der Waals surface area contributed by atoms with Gasteiger partial charge in [-0.3, -0.25) is 59.2 Å². The van der Waals surface area contributed by atoms with Crippen LogP contribution in [0.3, 0.4) is 0 Å². The number of piperazine rings is 2. The summed E-state index contributed by atoms with van der Waals surface area (Å²) in [6.45, 7) is 16.2. The molecule has 18 rings (SSSR count). The number of nitro groups is 2. The van der Waals surface area contributed by atoms with Gasteiger partial charge in [0.15, 0.2) is 22.8 Å². The van der Waals surface area contributed by atoms with Crippen molar-refractivity contribution in [2.45, 2.75) is 145 Å². The van der Waals surface area contributed by atoms with Crippen molar-refractivity contribution in [3.63, 3.8) is 0 Å². The van der Waals surface area contributed by atoms with E-state index in [2.05, 4.69) is 111 Å². The number of H-pyrrole nitrogens is 2. The number of aromatic nitrogens is 8. The number of allylic oxidation sites excluding steroid dienone is 2. The van der Waals surface area contributed by atoms with Gasteiger partial charge in [-0.05, 0) is 212 Å². The van der Waals surface area contributed by atoms with Crippen molar-refractivity contribution in [3.05, 3.63) is 234 Å². The Morgan fingerprint density at radius 2 is 0.924 bits per heavy atom. The number of halogens is 7. The molecular formula is C94H97Cl2F5N16O12S2. The van der Waals surface area contributed by atoms with E-state index >= 15 is 4.39 Å². The first-order valence-corrected chi connectivity index (χ1v) is 47.3. The lowest BCUT2D eigenvalue weighted by atomic mass is 9.72. The zero-order chi connectivity index (χ0) is 92.3. The minimum Gasteiger partial charge on any atom is -0.487 e. The zero-order valence-electron chi connectivity index (χ0n) is 72.4. The average molecular weight is 1870 g/mol. The van der Waals surface area contributed by atoms with Crippen molar-refractivity contribution in [2.24, 2.45) is 16.7 Å². The Kier molecular flexibility index (Phi) is 25.3. The highest BCUT2D eigenvalue weighted by Gasteiger charge is 2.45. The topological polar surface area (TPSA) is 337 Å². The molecule has 686 valence electrons. The van der Waals surface area contributed by atoms with Crippen LogP contribution in [-0.2, 0) is 20.0 Å². The number of alkyl halides is 5. The highest BCUT2D eigenvalue weighted by Crippen LogP contribution is 2.48. The molecule has 28 nitrogen and oxygen atoms in total. The Bertz CT molecular complexity index is 6730. The standard InChI is InChI=1S/C47H48ClF3N8O6S.C47H49ClF2N8O6S/c1-45(2)13-11-32(37(26-45)30-3-5-33(48)6-4-30)28-56-19-21-57(22-20-56)34-7-9-36(39(24-34)58-40-23-31-12-18-52-43(31)54-38(40)27-53-58)44(60)55-66(63,64)35-8-10-42(41(25-35)59(61)62)65-29-46(49)14-16-47(50,51)17-15-46;1-46(2)15-13-33(38(26-46)31-3-5-34(48)6-4-31)28-55-19-21-56(22-20-55)35-7-9-37(40(24-35)57-41-23-32-14-18-51-44(32)53-39(41)27-52-57)45(59)54-65(62,63)36-8-10-43(42(25-36)58(60)61)64-29-30-11-16-47(49,50)17-12-30/h3-10,12,18,23-25,27,53H,11,13-17,19-22,26,28-29H2,1-2H3,(H,55,60);3-10,14,18,23-25,27,30,52H,11-13,15-17,19-22,26,28-29H2,1-2H3,(H,54,59). The van der Waals surface area contributed by atoms with Crippen LogP contribution < -0.4 is 28.7 Å². The molecule has 4 N–H and O–H groups in total. The summed E-state index contributed by atoms with van der Waals surface area (Å²) in [5, 5.41) is 33.5. The molecule has 2 aliphatic heterocycles. The highest BCUT2D eigenvalue weighted by molar-refractivity contribution is 7.90. The molecule has 4 fully saturated rings. The number of rotatable bonds is 24. The van der Waals surface area contributed by atoms with Crippen molar-refractivity contribution in [2.75, 3.05) is 88.5 Å². The monoisotopic (exact) mass is 1870 g/mol. The number of nitro benzene ring substituents is 2. The Morgan fingerprint density at radius 3 is 1.34 bits per heavy atom. The summed E-state index contributed by atoms with van der Waals surface area (Å²) in [5.74, 6) is -8.61. The number of ether oxygens (including phenoxy) is 2. The molecule has 131 heavy (non-hydrogen) atoms. The van der Waals surface area contributed by atoms with E-state index in [1.807, 2.05) is 54.6 Å². The van der Waals surface area contributed by atoms with Gasteiger partial charge in [-0.1, -0.05) is 86.3 Å². The minimum atomic E-state index is -4.75. The number of sulfonamides is 2. The number of fused-ring (bicyclic) bond motifs is 4. The third-order valence-electron chi connectivity index (χ3n) is 26.1. The number of anilines is 2. The quantitative estimate of drug-likeness (QED) is 0.0248. The third-order valence-corrected chi connectivity index (χ3v) is 29.3. The molecule has 0 radical (unpaired) electrons.